The van der Waals surface area contributed by atoms with Crippen LogP contribution in [0.15, 0.2) is 58.1 Å². The molecule has 0 heterocycles. The van der Waals surface area contributed by atoms with Crippen molar-refractivity contribution in [3.8, 4) is 28.7 Å². The average Bonchev–Trinajstić information content (AvgIpc) is 2.90. The molecule has 1 amide bonds. The minimum Gasteiger partial charge on any atom is -0.493 e. The highest BCUT2D eigenvalue weighted by molar-refractivity contribution is 9.10. The van der Waals surface area contributed by atoms with Crippen LogP contribution in [0, 0.1) is 20.2 Å². The first-order chi connectivity index (χ1) is 18.7. The van der Waals surface area contributed by atoms with E-state index in [2.05, 4.69) is 26.5 Å². The standard InChI is InChI=1S/C25H23BrN4O9/c1-4-37-22-12-16(6-8-21(22)36-3)25(31)28-27-14-15-10-18(26)24(23(11-15)38-5-2)39-20-9-7-17(29(32)33)13-19(20)30(34)35/h6-14H,4-5H2,1-3H3,(H,28,31)/b27-14+. The van der Waals surface area contributed by atoms with Crippen molar-refractivity contribution in [3.05, 3.63) is 84.4 Å². The fourth-order valence-corrected chi connectivity index (χ4v) is 3.84. The van der Waals surface area contributed by atoms with Gasteiger partial charge in [0, 0.05) is 11.6 Å². The van der Waals surface area contributed by atoms with E-state index >= 15 is 0 Å². The summed E-state index contributed by atoms with van der Waals surface area (Å²) in [6.45, 7) is 4.18. The number of carbonyl (C=O) groups excluding carboxylic acids is 1. The van der Waals surface area contributed by atoms with E-state index < -0.39 is 27.1 Å². The van der Waals surface area contributed by atoms with E-state index in [0.717, 1.165) is 18.2 Å². The lowest BCUT2D eigenvalue weighted by Crippen LogP contribution is -2.17. The molecule has 0 bridgehead atoms. The first-order valence-electron chi connectivity index (χ1n) is 11.4. The second kappa shape index (κ2) is 13.2. The maximum atomic E-state index is 12.6. The number of rotatable bonds is 12. The van der Waals surface area contributed by atoms with Crippen molar-refractivity contribution in [1.29, 1.82) is 0 Å². The van der Waals surface area contributed by atoms with Gasteiger partial charge in [0.25, 0.3) is 11.6 Å². The van der Waals surface area contributed by atoms with Gasteiger partial charge in [-0.1, -0.05) is 0 Å². The minimum atomic E-state index is -0.777. The SMILES string of the molecule is CCOc1cc(C(=O)N/N=C/c2cc(Br)c(Oc3ccc([N+](=O)[O-])cc3[N+](=O)[O-])c(OCC)c2)ccc1OC. The maximum absolute atomic E-state index is 12.6. The number of hydrogen-bond donors (Lipinski definition) is 1. The number of nitro benzene ring substituents is 2. The van der Waals surface area contributed by atoms with Crippen molar-refractivity contribution in [3.63, 3.8) is 0 Å². The number of amides is 1. The summed E-state index contributed by atoms with van der Waals surface area (Å²) in [5, 5.41) is 26.5. The van der Waals surface area contributed by atoms with Crippen LogP contribution in [0.5, 0.6) is 28.7 Å². The summed E-state index contributed by atoms with van der Waals surface area (Å²) >= 11 is 3.36. The lowest BCUT2D eigenvalue weighted by molar-refractivity contribution is -0.394. The molecule has 0 fully saturated rings. The van der Waals surface area contributed by atoms with Gasteiger partial charge in [-0.2, -0.15) is 5.10 Å². The quantitative estimate of drug-likeness (QED) is 0.157. The van der Waals surface area contributed by atoms with Gasteiger partial charge in [-0.05, 0) is 71.7 Å². The number of nitro groups is 2. The number of carbonyl (C=O) groups is 1. The number of non-ortho nitro benzene ring substituents is 1. The van der Waals surface area contributed by atoms with Crippen molar-refractivity contribution in [1.82, 2.24) is 5.43 Å². The molecule has 3 rings (SSSR count). The summed E-state index contributed by atoms with van der Waals surface area (Å²) in [6.07, 6.45) is 1.37. The van der Waals surface area contributed by atoms with Crippen molar-refractivity contribution < 1.29 is 33.6 Å². The van der Waals surface area contributed by atoms with Gasteiger partial charge in [-0.3, -0.25) is 25.0 Å². The maximum Gasteiger partial charge on any atom is 0.318 e. The molecule has 1 N–H and O–H groups in total. The predicted octanol–water partition coefficient (Wildman–Crippen LogP) is 5.63. The molecule has 0 aliphatic heterocycles. The van der Waals surface area contributed by atoms with Gasteiger partial charge in [-0.25, -0.2) is 5.43 Å². The molecule has 3 aromatic carbocycles. The number of halogens is 1. The normalized spacial score (nSPS) is 10.7. The Balaban J connectivity index is 1.84. The van der Waals surface area contributed by atoms with Crippen LogP contribution in [0.4, 0.5) is 11.4 Å². The summed E-state index contributed by atoms with van der Waals surface area (Å²) in [4.78, 5) is 33.6. The number of benzene rings is 3. The van der Waals surface area contributed by atoms with E-state index in [0.29, 0.717) is 33.7 Å². The largest absolute Gasteiger partial charge is 0.493 e. The first kappa shape index (κ1) is 28.8. The van der Waals surface area contributed by atoms with Gasteiger partial charge >= 0.3 is 5.69 Å². The van der Waals surface area contributed by atoms with E-state index in [1.807, 2.05) is 6.92 Å². The summed E-state index contributed by atoms with van der Waals surface area (Å²) < 4.78 is 22.5. The molecule has 39 heavy (non-hydrogen) atoms. The van der Waals surface area contributed by atoms with E-state index in [-0.39, 0.29) is 23.9 Å². The minimum absolute atomic E-state index is 0.108. The molecular formula is C25H23BrN4O9. The van der Waals surface area contributed by atoms with Crippen LogP contribution >= 0.6 is 15.9 Å². The van der Waals surface area contributed by atoms with Gasteiger partial charge in [0.1, 0.15) is 0 Å². The Bertz CT molecular complexity index is 1430. The highest BCUT2D eigenvalue weighted by atomic mass is 79.9. The molecule has 0 saturated carbocycles. The Morgan fingerprint density at radius 3 is 2.28 bits per heavy atom. The zero-order chi connectivity index (χ0) is 28.5. The second-order valence-corrected chi connectivity index (χ2v) is 8.38. The molecule has 0 saturated heterocycles. The predicted molar refractivity (Wildman–Crippen MR) is 144 cm³/mol. The molecule has 204 valence electrons. The van der Waals surface area contributed by atoms with Gasteiger partial charge < -0.3 is 18.9 Å². The Hall–Kier alpha value is -4.72. The third kappa shape index (κ3) is 7.19. The van der Waals surface area contributed by atoms with Gasteiger partial charge in [-0.15, -0.1) is 0 Å². The topological polar surface area (TPSA) is 165 Å². The van der Waals surface area contributed by atoms with Crippen LogP contribution < -0.4 is 24.4 Å². The van der Waals surface area contributed by atoms with Crippen molar-refractivity contribution in [2.75, 3.05) is 20.3 Å². The van der Waals surface area contributed by atoms with Gasteiger partial charge in [0.05, 0.1) is 46.9 Å². The molecule has 14 heteroatoms. The third-order valence-electron chi connectivity index (χ3n) is 5.00. The van der Waals surface area contributed by atoms with Crippen LogP contribution in [0.25, 0.3) is 0 Å². The summed E-state index contributed by atoms with van der Waals surface area (Å²) in [5.74, 6) is 0.536. The first-order valence-corrected chi connectivity index (χ1v) is 12.2. The third-order valence-corrected chi connectivity index (χ3v) is 5.59. The Kier molecular flexibility index (Phi) is 9.75. The number of ether oxygens (including phenoxy) is 4. The summed E-state index contributed by atoms with van der Waals surface area (Å²) in [6, 6.07) is 10.9. The Morgan fingerprint density at radius 1 is 0.949 bits per heavy atom. The molecule has 0 radical (unpaired) electrons. The zero-order valence-corrected chi connectivity index (χ0v) is 22.6. The van der Waals surface area contributed by atoms with Crippen LogP contribution in [-0.4, -0.2) is 42.3 Å². The molecule has 0 aromatic heterocycles. The lowest BCUT2D eigenvalue weighted by Gasteiger charge is -2.14. The molecule has 0 atom stereocenters. The fourth-order valence-electron chi connectivity index (χ4n) is 3.30. The molecule has 0 unspecified atom stereocenters. The lowest BCUT2D eigenvalue weighted by atomic mass is 10.2. The molecule has 0 aliphatic rings. The molecule has 0 spiro atoms. The van der Waals surface area contributed by atoms with E-state index in [1.165, 1.54) is 13.3 Å². The monoisotopic (exact) mass is 602 g/mol. The van der Waals surface area contributed by atoms with Crippen LogP contribution in [0.3, 0.4) is 0 Å². The number of hydrazone groups is 1. The van der Waals surface area contributed by atoms with E-state index in [1.54, 1.807) is 37.3 Å². The van der Waals surface area contributed by atoms with Crippen LogP contribution in [0.1, 0.15) is 29.8 Å². The van der Waals surface area contributed by atoms with E-state index in [4.69, 9.17) is 18.9 Å². The van der Waals surface area contributed by atoms with E-state index in [9.17, 15) is 25.0 Å². The highest BCUT2D eigenvalue weighted by Gasteiger charge is 2.23. The Labute approximate surface area is 230 Å². The molecular weight excluding hydrogens is 580 g/mol. The molecule has 13 nitrogen and oxygen atoms in total. The number of methoxy groups -OCH3 is 1. The van der Waals surface area contributed by atoms with Crippen LogP contribution in [0.2, 0.25) is 0 Å². The average molecular weight is 603 g/mol. The molecule has 3 aromatic rings. The van der Waals surface area contributed by atoms with Gasteiger partial charge in [0.2, 0.25) is 5.75 Å². The highest BCUT2D eigenvalue weighted by Crippen LogP contribution is 2.42. The summed E-state index contributed by atoms with van der Waals surface area (Å²) in [7, 11) is 1.50. The number of nitrogens with zero attached hydrogens (tertiary/aromatic N) is 3. The zero-order valence-electron chi connectivity index (χ0n) is 21.0. The summed E-state index contributed by atoms with van der Waals surface area (Å²) in [5.41, 5.74) is 2.20. The Morgan fingerprint density at radius 2 is 1.64 bits per heavy atom. The second-order valence-electron chi connectivity index (χ2n) is 7.53. The molecule has 0 aliphatic carbocycles. The number of hydrogen-bond acceptors (Lipinski definition) is 10. The smallest absolute Gasteiger partial charge is 0.318 e. The fraction of sp³-hybridized carbons (Fsp3) is 0.200. The van der Waals surface area contributed by atoms with Gasteiger partial charge in [0.15, 0.2) is 23.0 Å². The van der Waals surface area contributed by atoms with Crippen molar-refractivity contribution >= 4 is 39.4 Å². The number of nitrogens with one attached hydrogen (secondary N) is 1. The van der Waals surface area contributed by atoms with Crippen LogP contribution in [-0.2, 0) is 0 Å². The van der Waals surface area contributed by atoms with Crippen molar-refractivity contribution in [2.24, 2.45) is 5.10 Å². The van der Waals surface area contributed by atoms with Crippen molar-refractivity contribution in [2.45, 2.75) is 13.8 Å².